The van der Waals surface area contributed by atoms with Crippen LogP contribution in [0.25, 0.3) is 22.3 Å². The summed E-state index contributed by atoms with van der Waals surface area (Å²) in [6.07, 6.45) is 6.45. The van der Waals surface area contributed by atoms with E-state index in [0.29, 0.717) is 23.5 Å². The first-order valence-electron chi connectivity index (χ1n) is 13.8. The molecule has 0 bridgehead atoms. The van der Waals surface area contributed by atoms with Crippen molar-refractivity contribution in [1.82, 2.24) is 0 Å². The topological polar surface area (TPSA) is 18.5 Å². The van der Waals surface area contributed by atoms with Gasteiger partial charge in [-0.25, -0.2) is 13.2 Å². The van der Waals surface area contributed by atoms with Crippen LogP contribution >= 0.6 is 0 Å². The highest BCUT2D eigenvalue weighted by molar-refractivity contribution is 5.72. The van der Waals surface area contributed by atoms with Crippen LogP contribution in [0.3, 0.4) is 0 Å². The zero-order valence-electron chi connectivity index (χ0n) is 22.9. The maximum absolute atomic E-state index is 15.0. The predicted octanol–water partition coefficient (Wildman–Crippen LogP) is 10.2. The van der Waals surface area contributed by atoms with Crippen LogP contribution in [0.5, 0.6) is 11.5 Å². The lowest BCUT2D eigenvalue weighted by Gasteiger charge is -2.12. The third-order valence-electron chi connectivity index (χ3n) is 6.89. The number of rotatable bonds is 13. The highest BCUT2D eigenvalue weighted by Crippen LogP contribution is 2.32. The number of hydrogen-bond acceptors (Lipinski definition) is 2. The molecule has 0 aromatic heterocycles. The van der Waals surface area contributed by atoms with Gasteiger partial charge < -0.3 is 9.47 Å². The Labute approximate surface area is 233 Å². The molecular weight excluding hydrogens is 516 g/mol. The van der Waals surface area contributed by atoms with E-state index in [9.17, 15) is 17.6 Å². The Kier molecular flexibility index (Phi) is 10.2. The molecular formula is C34H34F4O2. The standard InChI is InChI=1S/C34H34F4O2/c1-3-4-5-6-7-8-21-39-30-20-15-26(31(35)34(30)38)22-40-27-16-13-25(14-17-27)29-19-18-28(32(36)33(29)37)24-11-9-23(2)10-12-24/h9-20H,3-8,21-22H2,1-2H3. The van der Waals surface area contributed by atoms with Crippen molar-refractivity contribution in [2.75, 3.05) is 6.61 Å². The summed E-state index contributed by atoms with van der Waals surface area (Å²) in [4.78, 5) is 0. The second-order valence-corrected chi connectivity index (χ2v) is 9.93. The Morgan fingerprint density at radius 1 is 0.550 bits per heavy atom. The van der Waals surface area contributed by atoms with E-state index in [1.165, 1.54) is 37.5 Å². The Hall–Kier alpha value is -3.80. The molecule has 0 heterocycles. The van der Waals surface area contributed by atoms with Crippen molar-refractivity contribution in [3.05, 3.63) is 107 Å². The molecule has 0 atom stereocenters. The minimum absolute atomic E-state index is 0.0494. The van der Waals surface area contributed by atoms with Crippen LogP contribution in [0.2, 0.25) is 0 Å². The quantitative estimate of drug-likeness (QED) is 0.122. The van der Waals surface area contributed by atoms with Gasteiger partial charge in [-0.1, -0.05) is 93.1 Å². The number of benzene rings is 4. The molecule has 4 aromatic rings. The fourth-order valence-corrected chi connectivity index (χ4v) is 4.48. The second kappa shape index (κ2) is 14.0. The minimum atomic E-state index is -1.03. The summed E-state index contributed by atoms with van der Waals surface area (Å²) in [6, 6.07) is 19.5. The van der Waals surface area contributed by atoms with Gasteiger partial charge in [0.05, 0.1) is 6.61 Å². The highest BCUT2D eigenvalue weighted by Gasteiger charge is 2.17. The van der Waals surface area contributed by atoms with Gasteiger partial charge in [-0.3, -0.25) is 0 Å². The van der Waals surface area contributed by atoms with Crippen LogP contribution in [0.15, 0.2) is 72.8 Å². The van der Waals surface area contributed by atoms with Gasteiger partial charge in [-0.05, 0) is 48.7 Å². The van der Waals surface area contributed by atoms with E-state index in [0.717, 1.165) is 24.8 Å². The molecule has 40 heavy (non-hydrogen) atoms. The van der Waals surface area contributed by atoms with Crippen LogP contribution in [-0.4, -0.2) is 6.61 Å². The third kappa shape index (κ3) is 7.23. The average molecular weight is 551 g/mol. The Morgan fingerprint density at radius 2 is 1.12 bits per heavy atom. The Bertz CT molecular complexity index is 1400. The van der Waals surface area contributed by atoms with Gasteiger partial charge in [0.25, 0.3) is 0 Å². The van der Waals surface area contributed by atoms with Gasteiger partial charge in [0, 0.05) is 16.7 Å². The molecule has 0 fully saturated rings. The van der Waals surface area contributed by atoms with Crippen LogP contribution in [0.1, 0.15) is 56.6 Å². The molecule has 0 radical (unpaired) electrons. The molecule has 4 rings (SSSR count). The molecule has 210 valence electrons. The van der Waals surface area contributed by atoms with E-state index in [1.54, 1.807) is 42.5 Å². The molecule has 0 aliphatic heterocycles. The summed E-state index contributed by atoms with van der Waals surface area (Å²) >= 11 is 0. The number of halogens is 4. The molecule has 0 saturated heterocycles. The highest BCUT2D eigenvalue weighted by atomic mass is 19.2. The molecule has 0 amide bonds. The zero-order valence-corrected chi connectivity index (χ0v) is 22.9. The smallest absolute Gasteiger partial charge is 0.201 e. The minimum Gasteiger partial charge on any atom is -0.490 e. The van der Waals surface area contributed by atoms with E-state index in [4.69, 9.17) is 9.47 Å². The van der Waals surface area contributed by atoms with Gasteiger partial charge in [-0.15, -0.1) is 0 Å². The van der Waals surface area contributed by atoms with E-state index < -0.39 is 23.3 Å². The van der Waals surface area contributed by atoms with Gasteiger partial charge in [-0.2, -0.15) is 4.39 Å². The van der Waals surface area contributed by atoms with Gasteiger partial charge in [0.2, 0.25) is 5.82 Å². The van der Waals surface area contributed by atoms with Crippen LogP contribution in [0, 0.1) is 30.2 Å². The molecule has 0 aliphatic rings. The monoisotopic (exact) mass is 550 g/mol. The fourth-order valence-electron chi connectivity index (χ4n) is 4.48. The van der Waals surface area contributed by atoms with Crippen molar-refractivity contribution in [2.45, 2.75) is 59.0 Å². The van der Waals surface area contributed by atoms with Crippen molar-refractivity contribution in [2.24, 2.45) is 0 Å². The first-order valence-corrected chi connectivity index (χ1v) is 13.8. The SMILES string of the molecule is CCCCCCCCOc1ccc(COc2ccc(-c3ccc(-c4ccc(C)cc4)c(F)c3F)cc2)c(F)c1F. The fraction of sp³-hybridized carbons (Fsp3) is 0.294. The van der Waals surface area contributed by atoms with E-state index >= 15 is 0 Å². The largest absolute Gasteiger partial charge is 0.490 e. The molecule has 0 unspecified atom stereocenters. The first kappa shape index (κ1) is 29.2. The number of ether oxygens (including phenoxy) is 2. The lowest BCUT2D eigenvalue weighted by atomic mass is 9.98. The predicted molar refractivity (Wildman–Crippen MR) is 152 cm³/mol. The molecule has 0 aliphatic carbocycles. The van der Waals surface area contributed by atoms with Crippen LogP contribution < -0.4 is 9.47 Å². The van der Waals surface area contributed by atoms with E-state index in [-0.39, 0.29) is 29.0 Å². The summed E-state index contributed by atoms with van der Waals surface area (Å²) < 4.78 is 70.0. The third-order valence-corrected chi connectivity index (χ3v) is 6.89. The lowest BCUT2D eigenvalue weighted by molar-refractivity contribution is 0.276. The molecule has 2 nitrogen and oxygen atoms in total. The summed E-state index contributed by atoms with van der Waals surface area (Å²) in [5.41, 5.74) is 2.44. The van der Waals surface area contributed by atoms with E-state index in [1.807, 2.05) is 19.1 Å². The van der Waals surface area contributed by atoms with Crippen molar-refractivity contribution >= 4 is 0 Å². The summed E-state index contributed by atoms with van der Waals surface area (Å²) in [5.74, 6) is -3.63. The number of unbranched alkanes of at least 4 members (excludes halogenated alkanes) is 5. The zero-order chi connectivity index (χ0) is 28.5. The summed E-state index contributed by atoms with van der Waals surface area (Å²) in [5, 5.41) is 0. The maximum atomic E-state index is 15.0. The van der Waals surface area contributed by atoms with Crippen LogP contribution in [-0.2, 0) is 6.61 Å². The van der Waals surface area contributed by atoms with Crippen molar-refractivity contribution < 1.29 is 27.0 Å². The summed E-state index contributed by atoms with van der Waals surface area (Å²) in [6.45, 7) is 4.22. The van der Waals surface area contributed by atoms with Gasteiger partial charge >= 0.3 is 0 Å². The first-order chi connectivity index (χ1) is 19.4. The molecule has 0 spiro atoms. The molecule has 0 saturated carbocycles. The van der Waals surface area contributed by atoms with Gasteiger partial charge in [0.15, 0.2) is 23.2 Å². The Morgan fingerprint density at radius 3 is 1.75 bits per heavy atom. The number of hydrogen-bond donors (Lipinski definition) is 0. The van der Waals surface area contributed by atoms with Crippen LogP contribution in [0.4, 0.5) is 17.6 Å². The maximum Gasteiger partial charge on any atom is 0.201 e. The summed E-state index contributed by atoms with van der Waals surface area (Å²) in [7, 11) is 0. The average Bonchev–Trinajstić information content (AvgIpc) is 2.96. The molecule has 6 heteroatoms. The molecule has 0 N–H and O–H groups in total. The van der Waals surface area contributed by atoms with E-state index in [2.05, 4.69) is 6.92 Å². The van der Waals surface area contributed by atoms with Crippen molar-refractivity contribution in [1.29, 1.82) is 0 Å². The van der Waals surface area contributed by atoms with Crippen molar-refractivity contribution in [3.63, 3.8) is 0 Å². The Balaban J connectivity index is 1.35. The van der Waals surface area contributed by atoms with Gasteiger partial charge in [0.1, 0.15) is 12.4 Å². The second-order valence-electron chi connectivity index (χ2n) is 9.93. The number of aryl methyl sites for hydroxylation is 1. The lowest BCUT2D eigenvalue weighted by Crippen LogP contribution is -2.05. The van der Waals surface area contributed by atoms with Crippen molar-refractivity contribution in [3.8, 4) is 33.8 Å². The normalized spacial score (nSPS) is 11.1. The molecule has 4 aromatic carbocycles.